The molecule has 0 saturated heterocycles. The van der Waals surface area contributed by atoms with E-state index in [0.717, 1.165) is 12.8 Å². The Kier molecular flexibility index (Phi) is 7.13. The number of hydrogen-bond acceptors (Lipinski definition) is 4. The third-order valence-electron chi connectivity index (χ3n) is 3.84. The SMILES string of the molecule is CC(C)OCCC(CO)(CNC(=O)OC(C)(C)C)CC1CC1. The van der Waals surface area contributed by atoms with Gasteiger partial charge in [-0.05, 0) is 53.4 Å². The fourth-order valence-corrected chi connectivity index (χ4v) is 2.48. The fraction of sp³-hybridized carbons (Fsp3) is 0.941. The lowest BCUT2D eigenvalue weighted by atomic mass is 9.80. The van der Waals surface area contributed by atoms with E-state index in [9.17, 15) is 9.90 Å². The van der Waals surface area contributed by atoms with Crippen molar-refractivity contribution in [3.05, 3.63) is 0 Å². The highest BCUT2D eigenvalue weighted by molar-refractivity contribution is 5.67. The molecule has 22 heavy (non-hydrogen) atoms. The van der Waals surface area contributed by atoms with Crippen LogP contribution < -0.4 is 5.32 Å². The average Bonchev–Trinajstić information content (AvgIpc) is 3.17. The van der Waals surface area contributed by atoms with E-state index in [4.69, 9.17) is 9.47 Å². The second-order valence-electron chi connectivity index (χ2n) is 7.83. The molecule has 0 aromatic heterocycles. The van der Waals surface area contributed by atoms with Crippen molar-refractivity contribution in [2.24, 2.45) is 11.3 Å². The summed E-state index contributed by atoms with van der Waals surface area (Å²) in [6, 6.07) is 0. The van der Waals surface area contributed by atoms with Gasteiger partial charge in [-0.3, -0.25) is 0 Å². The fourth-order valence-electron chi connectivity index (χ4n) is 2.48. The van der Waals surface area contributed by atoms with E-state index in [1.807, 2.05) is 34.6 Å². The number of carbonyl (C=O) groups excluding carboxylic acids is 1. The first-order valence-electron chi connectivity index (χ1n) is 8.35. The van der Waals surface area contributed by atoms with Crippen molar-refractivity contribution in [1.29, 1.82) is 0 Å². The maximum absolute atomic E-state index is 11.9. The molecule has 0 radical (unpaired) electrons. The van der Waals surface area contributed by atoms with Crippen LogP contribution in [0, 0.1) is 11.3 Å². The zero-order chi connectivity index (χ0) is 16.8. The maximum atomic E-state index is 11.9. The molecule has 1 amide bonds. The predicted octanol–water partition coefficient (Wildman–Crippen LogP) is 3.11. The molecule has 1 rings (SSSR count). The van der Waals surface area contributed by atoms with Crippen molar-refractivity contribution in [3.63, 3.8) is 0 Å². The van der Waals surface area contributed by atoms with Gasteiger partial charge in [-0.2, -0.15) is 0 Å². The molecule has 1 fully saturated rings. The van der Waals surface area contributed by atoms with Crippen molar-refractivity contribution in [2.75, 3.05) is 19.8 Å². The van der Waals surface area contributed by atoms with Crippen LogP contribution in [-0.2, 0) is 9.47 Å². The van der Waals surface area contributed by atoms with Crippen molar-refractivity contribution >= 4 is 6.09 Å². The topological polar surface area (TPSA) is 67.8 Å². The highest BCUT2D eigenvalue weighted by Crippen LogP contribution is 2.41. The van der Waals surface area contributed by atoms with E-state index in [1.165, 1.54) is 12.8 Å². The average molecular weight is 315 g/mol. The van der Waals surface area contributed by atoms with Crippen LogP contribution in [0.4, 0.5) is 4.79 Å². The molecule has 0 aromatic rings. The second-order valence-corrected chi connectivity index (χ2v) is 7.83. The number of aliphatic hydroxyl groups is 1. The molecule has 5 heteroatoms. The van der Waals surface area contributed by atoms with Gasteiger partial charge in [-0.15, -0.1) is 0 Å². The Bertz CT molecular complexity index is 347. The third-order valence-corrected chi connectivity index (χ3v) is 3.84. The second kappa shape index (κ2) is 8.16. The minimum Gasteiger partial charge on any atom is -0.444 e. The molecule has 5 nitrogen and oxygen atoms in total. The minimum atomic E-state index is -0.511. The summed E-state index contributed by atoms with van der Waals surface area (Å²) in [4.78, 5) is 11.9. The predicted molar refractivity (Wildman–Crippen MR) is 86.8 cm³/mol. The Morgan fingerprint density at radius 1 is 1.32 bits per heavy atom. The molecule has 0 heterocycles. The Morgan fingerprint density at radius 3 is 2.41 bits per heavy atom. The van der Waals surface area contributed by atoms with E-state index in [2.05, 4.69) is 5.32 Å². The van der Waals surface area contributed by atoms with Gasteiger partial charge in [0.15, 0.2) is 0 Å². The lowest BCUT2D eigenvalue weighted by molar-refractivity contribution is 0.0176. The Hall–Kier alpha value is -0.810. The Morgan fingerprint density at radius 2 is 1.95 bits per heavy atom. The summed E-state index contributed by atoms with van der Waals surface area (Å²) in [6.07, 6.45) is 3.87. The first-order valence-corrected chi connectivity index (χ1v) is 8.35. The highest BCUT2D eigenvalue weighted by Gasteiger charge is 2.37. The van der Waals surface area contributed by atoms with Crippen LogP contribution in [0.15, 0.2) is 0 Å². The number of nitrogens with one attached hydrogen (secondary N) is 1. The van der Waals surface area contributed by atoms with Crippen LogP contribution in [-0.4, -0.2) is 42.7 Å². The molecule has 1 aliphatic rings. The molecule has 1 unspecified atom stereocenters. The quantitative estimate of drug-likeness (QED) is 0.686. The van der Waals surface area contributed by atoms with E-state index in [0.29, 0.717) is 19.1 Å². The molecule has 1 atom stereocenters. The van der Waals surface area contributed by atoms with E-state index >= 15 is 0 Å². The lowest BCUT2D eigenvalue weighted by Gasteiger charge is -2.33. The molecule has 130 valence electrons. The first-order chi connectivity index (χ1) is 10.2. The largest absolute Gasteiger partial charge is 0.444 e. The first kappa shape index (κ1) is 19.2. The smallest absolute Gasteiger partial charge is 0.407 e. The molecular formula is C17H33NO4. The molecule has 2 N–H and O–H groups in total. The number of ether oxygens (including phenoxy) is 2. The molecule has 0 aliphatic heterocycles. The number of rotatable bonds is 9. The molecule has 0 aromatic carbocycles. The molecule has 1 saturated carbocycles. The Balaban J connectivity index is 2.53. The van der Waals surface area contributed by atoms with Gasteiger partial charge in [0.1, 0.15) is 5.60 Å². The standard InChI is InChI=1S/C17H33NO4/c1-13(2)21-9-8-17(12-19,10-14-6-7-14)11-18-15(20)22-16(3,4)5/h13-14,19H,6-12H2,1-5H3,(H,18,20). The molecule has 1 aliphatic carbocycles. The number of amides is 1. The van der Waals surface area contributed by atoms with Crippen molar-refractivity contribution in [1.82, 2.24) is 5.32 Å². The molecule has 0 bridgehead atoms. The van der Waals surface area contributed by atoms with Gasteiger partial charge in [-0.25, -0.2) is 4.79 Å². The van der Waals surface area contributed by atoms with Crippen molar-refractivity contribution < 1.29 is 19.4 Å². The number of alkyl carbamates (subject to hydrolysis) is 1. The summed E-state index contributed by atoms with van der Waals surface area (Å²) >= 11 is 0. The van der Waals surface area contributed by atoms with Crippen LogP contribution in [0.5, 0.6) is 0 Å². The van der Waals surface area contributed by atoms with Gasteiger partial charge in [-0.1, -0.05) is 12.8 Å². The monoisotopic (exact) mass is 315 g/mol. The van der Waals surface area contributed by atoms with Crippen molar-refractivity contribution in [2.45, 2.75) is 72.0 Å². The summed E-state index contributed by atoms with van der Waals surface area (Å²) in [5.74, 6) is 0.673. The van der Waals surface area contributed by atoms with Gasteiger partial charge in [0, 0.05) is 18.6 Å². The lowest BCUT2D eigenvalue weighted by Crippen LogP contribution is -2.43. The minimum absolute atomic E-state index is 0.0563. The van der Waals surface area contributed by atoms with Gasteiger partial charge in [0.2, 0.25) is 0 Å². The third kappa shape index (κ3) is 7.99. The van der Waals surface area contributed by atoms with Crippen LogP contribution in [0.1, 0.15) is 60.3 Å². The van der Waals surface area contributed by atoms with Crippen LogP contribution in [0.2, 0.25) is 0 Å². The maximum Gasteiger partial charge on any atom is 0.407 e. The van der Waals surface area contributed by atoms with Crippen molar-refractivity contribution in [3.8, 4) is 0 Å². The van der Waals surface area contributed by atoms with Crippen LogP contribution in [0.25, 0.3) is 0 Å². The number of aliphatic hydroxyl groups excluding tert-OH is 1. The van der Waals surface area contributed by atoms with E-state index < -0.39 is 11.7 Å². The van der Waals surface area contributed by atoms with Gasteiger partial charge in [0.25, 0.3) is 0 Å². The zero-order valence-corrected chi connectivity index (χ0v) is 14.8. The number of carbonyl (C=O) groups is 1. The zero-order valence-electron chi connectivity index (χ0n) is 14.8. The van der Waals surface area contributed by atoms with Crippen LogP contribution >= 0.6 is 0 Å². The summed E-state index contributed by atoms with van der Waals surface area (Å²) in [6.45, 7) is 10.6. The van der Waals surface area contributed by atoms with E-state index in [-0.39, 0.29) is 18.1 Å². The van der Waals surface area contributed by atoms with Gasteiger partial charge < -0.3 is 19.9 Å². The normalized spacial score (nSPS) is 18.1. The van der Waals surface area contributed by atoms with E-state index in [1.54, 1.807) is 0 Å². The Labute approximate surface area is 134 Å². The molecule has 0 spiro atoms. The number of hydrogen-bond donors (Lipinski definition) is 2. The summed E-state index contributed by atoms with van der Waals surface area (Å²) in [7, 11) is 0. The van der Waals surface area contributed by atoms with Gasteiger partial charge in [0.05, 0.1) is 12.7 Å². The van der Waals surface area contributed by atoms with Gasteiger partial charge >= 0.3 is 6.09 Å². The van der Waals surface area contributed by atoms with Crippen LogP contribution in [0.3, 0.4) is 0 Å². The molecular weight excluding hydrogens is 282 g/mol. The summed E-state index contributed by atoms with van der Waals surface area (Å²) in [5, 5.41) is 12.7. The summed E-state index contributed by atoms with van der Waals surface area (Å²) in [5.41, 5.74) is -0.823. The summed E-state index contributed by atoms with van der Waals surface area (Å²) < 4.78 is 10.9. The highest BCUT2D eigenvalue weighted by atomic mass is 16.6.